The molecule has 1 N–H and O–H groups in total. The minimum absolute atomic E-state index is 0.188. The van der Waals surface area contributed by atoms with Gasteiger partial charge in [-0.05, 0) is 25.1 Å². The number of ether oxygens (including phenoxy) is 1. The van der Waals surface area contributed by atoms with Crippen LogP contribution in [0.1, 0.15) is 44.3 Å². The van der Waals surface area contributed by atoms with E-state index < -0.39 is 0 Å². The highest BCUT2D eigenvalue weighted by atomic mass is 32.2. The molecule has 0 aromatic carbocycles. The molecule has 0 amide bonds. The maximum atomic E-state index is 5.56. The highest BCUT2D eigenvalue weighted by molar-refractivity contribution is 7.98. The largest absolute Gasteiger partial charge is 0.381 e. The first kappa shape index (κ1) is 14.8. The smallest absolute Gasteiger partial charge is 0.233 e. The van der Waals surface area contributed by atoms with E-state index in [0.29, 0.717) is 12.6 Å². The third-order valence-corrected chi connectivity index (χ3v) is 4.12. The van der Waals surface area contributed by atoms with Crippen molar-refractivity contribution in [1.29, 1.82) is 0 Å². The predicted octanol–water partition coefficient (Wildman–Crippen LogP) is 2.19. The second kappa shape index (κ2) is 7.87. The molecule has 6 heteroatoms. The normalized spacial score (nSPS) is 23.7. The monoisotopic (exact) mass is 285 g/mol. The van der Waals surface area contributed by atoms with Crippen LogP contribution in [0.4, 0.5) is 0 Å². The molecule has 2 rings (SSSR count). The molecule has 0 aliphatic carbocycles. The Kier molecular flexibility index (Phi) is 6.13. The summed E-state index contributed by atoms with van der Waals surface area (Å²) < 4.78 is 11.0. The number of aromatic nitrogens is 2. The van der Waals surface area contributed by atoms with Crippen LogP contribution in [0.5, 0.6) is 0 Å². The Hall–Kier alpha value is -0.590. The van der Waals surface area contributed by atoms with Crippen molar-refractivity contribution in [3.63, 3.8) is 0 Å². The van der Waals surface area contributed by atoms with Gasteiger partial charge in [-0.25, -0.2) is 0 Å². The quantitative estimate of drug-likeness (QED) is 0.828. The number of nitrogens with one attached hydrogen (secondary N) is 1. The van der Waals surface area contributed by atoms with E-state index in [4.69, 9.17) is 9.26 Å². The lowest BCUT2D eigenvalue weighted by atomic mass is 9.95. The summed E-state index contributed by atoms with van der Waals surface area (Å²) in [6, 6.07) is 0.390. The van der Waals surface area contributed by atoms with E-state index in [1.807, 2.05) is 0 Å². The van der Waals surface area contributed by atoms with Crippen molar-refractivity contribution in [2.45, 2.75) is 44.4 Å². The van der Waals surface area contributed by atoms with Gasteiger partial charge in [0.15, 0.2) is 5.82 Å². The molecule has 0 bridgehead atoms. The molecular formula is C13H23N3O2S. The van der Waals surface area contributed by atoms with E-state index in [2.05, 4.69) is 29.3 Å². The molecule has 1 aliphatic heterocycles. The van der Waals surface area contributed by atoms with Gasteiger partial charge in [0.05, 0.1) is 18.3 Å². The highest BCUT2D eigenvalue weighted by Gasteiger charge is 2.31. The fourth-order valence-corrected chi connectivity index (χ4v) is 2.73. The summed E-state index contributed by atoms with van der Waals surface area (Å²) in [7, 11) is 0. The Labute approximate surface area is 118 Å². The summed E-state index contributed by atoms with van der Waals surface area (Å²) in [5.41, 5.74) is 0. The summed E-state index contributed by atoms with van der Waals surface area (Å²) in [6.07, 6.45) is 2.14. The molecule has 108 valence electrons. The minimum Gasteiger partial charge on any atom is -0.381 e. The third-order valence-electron chi connectivity index (χ3n) is 3.25. The topological polar surface area (TPSA) is 60.2 Å². The minimum atomic E-state index is 0.188. The van der Waals surface area contributed by atoms with Gasteiger partial charge in [-0.2, -0.15) is 16.7 Å². The van der Waals surface area contributed by atoms with Crippen molar-refractivity contribution in [2.24, 2.45) is 0 Å². The maximum absolute atomic E-state index is 5.56. The number of nitrogens with zero attached hydrogens (tertiary/aromatic N) is 2. The fourth-order valence-electron chi connectivity index (χ4n) is 2.23. The third kappa shape index (κ3) is 4.19. The van der Waals surface area contributed by atoms with Crippen molar-refractivity contribution >= 4 is 11.8 Å². The number of rotatable bonds is 7. The van der Waals surface area contributed by atoms with E-state index in [1.54, 1.807) is 11.8 Å². The van der Waals surface area contributed by atoms with Crippen molar-refractivity contribution in [3.05, 3.63) is 11.7 Å². The van der Waals surface area contributed by atoms with Crippen LogP contribution < -0.4 is 5.32 Å². The Morgan fingerprint density at radius 3 is 3.11 bits per heavy atom. The Balaban J connectivity index is 1.98. The van der Waals surface area contributed by atoms with Crippen LogP contribution in [0.25, 0.3) is 0 Å². The van der Waals surface area contributed by atoms with E-state index >= 15 is 0 Å². The van der Waals surface area contributed by atoms with E-state index in [9.17, 15) is 0 Å². The van der Waals surface area contributed by atoms with Crippen LogP contribution in [0.2, 0.25) is 0 Å². The molecule has 0 spiro atoms. The fraction of sp³-hybridized carbons (Fsp3) is 0.846. The second-order valence-corrected chi connectivity index (χ2v) is 5.99. The van der Waals surface area contributed by atoms with Gasteiger partial charge in [0.1, 0.15) is 0 Å². The van der Waals surface area contributed by atoms with Crippen molar-refractivity contribution in [1.82, 2.24) is 15.5 Å². The highest BCUT2D eigenvalue weighted by Crippen LogP contribution is 2.25. The zero-order valence-electron chi connectivity index (χ0n) is 11.7. The zero-order valence-corrected chi connectivity index (χ0v) is 12.5. The Morgan fingerprint density at radius 2 is 2.32 bits per heavy atom. The Morgan fingerprint density at radius 1 is 1.42 bits per heavy atom. The summed E-state index contributed by atoms with van der Waals surface area (Å²) in [4.78, 5) is 4.51. The molecule has 19 heavy (non-hydrogen) atoms. The van der Waals surface area contributed by atoms with Crippen LogP contribution in [-0.4, -0.2) is 41.7 Å². The van der Waals surface area contributed by atoms with Gasteiger partial charge in [0.2, 0.25) is 5.89 Å². The molecule has 5 nitrogen and oxygen atoms in total. The number of hydrogen-bond acceptors (Lipinski definition) is 6. The van der Waals surface area contributed by atoms with Crippen LogP contribution in [0, 0.1) is 0 Å². The molecule has 1 aromatic rings. The second-order valence-electron chi connectivity index (χ2n) is 4.72. The van der Waals surface area contributed by atoms with Crippen LogP contribution >= 0.6 is 11.8 Å². The van der Waals surface area contributed by atoms with Crippen LogP contribution in [-0.2, 0) is 10.5 Å². The molecule has 0 radical (unpaired) electrons. The lowest BCUT2D eigenvalue weighted by Crippen LogP contribution is -2.41. The summed E-state index contributed by atoms with van der Waals surface area (Å²) in [6.45, 7) is 6.81. The van der Waals surface area contributed by atoms with E-state index in [0.717, 1.165) is 49.2 Å². The van der Waals surface area contributed by atoms with Crippen molar-refractivity contribution in [3.8, 4) is 0 Å². The maximum Gasteiger partial charge on any atom is 0.233 e. The molecule has 1 saturated heterocycles. The van der Waals surface area contributed by atoms with Gasteiger partial charge in [0.25, 0.3) is 0 Å². The van der Waals surface area contributed by atoms with E-state index in [1.165, 1.54) is 0 Å². The van der Waals surface area contributed by atoms with Gasteiger partial charge in [-0.1, -0.05) is 19.0 Å². The van der Waals surface area contributed by atoms with Gasteiger partial charge < -0.3 is 14.6 Å². The molecular weight excluding hydrogens is 262 g/mol. The summed E-state index contributed by atoms with van der Waals surface area (Å²) >= 11 is 1.80. The molecule has 2 heterocycles. The standard InChI is InChI=1S/C13H23N3O2S/c1-3-6-14-11-5-7-17-8-10(11)13-15-12(16-18-13)9-19-4-2/h10-11,14H,3-9H2,1-2H3. The zero-order chi connectivity index (χ0) is 13.5. The first-order chi connectivity index (χ1) is 9.35. The summed E-state index contributed by atoms with van der Waals surface area (Å²) in [5, 5.41) is 7.61. The first-order valence-electron chi connectivity index (χ1n) is 7.06. The van der Waals surface area contributed by atoms with Crippen molar-refractivity contribution in [2.75, 3.05) is 25.5 Å². The van der Waals surface area contributed by atoms with Gasteiger partial charge in [-0.3, -0.25) is 0 Å². The average Bonchev–Trinajstić information content (AvgIpc) is 2.92. The molecule has 1 aliphatic rings. The molecule has 2 unspecified atom stereocenters. The SMILES string of the molecule is CCCNC1CCOCC1c1nc(CSCC)no1. The van der Waals surface area contributed by atoms with Crippen LogP contribution in [0.3, 0.4) is 0 Å². The lowest BCUT2D eigenvalue weighted by Gasteiger charge is -2.29. The number of hydrogen-bond donors (Lipinski definition) is 1. The van der Waals surface area contributed by atoms with Gasteiger partial charge in [-0.15, -0.1) is 0 Å². The van der Waals surface area contributed by atoms with Gasteiger partial charge in [0, 0.05) is 12.6 Å². The van der Waals surface area contributed by atoms with Gasteiger partial charge >= 0.3 is 0 Å². The Bertz CT molecular complexity index is 373. The average molecular weight is 285 g/mol. The summed E-state index contributed by atoms with van der Waals surface area (Å²) in [5.74, 6) is 3.59. The molecule has 2 atom stereocenters. The molecule has 1 fully saturated rings. The molecule has 0 saturated carbocycles. The van der Waals surface area contributed by atoms with Crippen LogP contribution in [0.15, 0.2) is 4.52 Å². The van der Waals surface area contributed by atoms with E-state index in [-0.39, 0.29) is 5.92 Å². The van der Waals surface area contributed by atoms with Crippen molar-refractivity contribution < 1.29 is 9.26 Å². The number of thioether (sulfide) groups is 1. The molecule has 1 aromatic heterocycles. The predicted molar refractivity (Wildman–Crippen MR) is 76.4 cm³/mol. The lowest BCUT2D eigenvalue weighted by molar-refractivity contribution is 0.0498. The first-order valence-corrected chi connectivity index (χ1v) is 8.22.